The van der Waals surface area contributed by atoms with E-state index in [0.29, 0.717) is 0 Å². The van der Waals surface area contributed by atoms with Crippen molar-refractivity contribution in [2.75, 3.05) is 19.1 Å². The number of aromatic nitrogens is 1. The normalized spacial score (nSPS) is 8.20. The third kappa shape index (κ3) is 2.01. The quantitative estimate of drug-likeness (QED) is 0.384. The van der Waals surface area contributed by atoms with E-state index in [9.17, 15) is 0 Å². The molecule has 56 valence electrons. The summed E-state index contributed by atoms with van der Waals surface area (Å²) in [6.45, 7) is 0. The Morgan fingerprint density at radius 1 is 1.00 bits per heavy atom. The fraction of sp³-hybridized carbons (Fsp3) is 0.286. The molecule has 0 amide bonds. The van der Waals surface area contributed by atoms with Gasteiger partial charge in [0, 0.05) is 12.1 Å². The van der Waals surface area contributed by atoms with Crippen LogP contribution >= 0.6 is 0 Å². The van der Waals surface area contributed by atoms with Crippen molar-refractivity contribution in [3.8, 4) is 0 Å². The molecule has 0 N–H and O–H groups in total. The van der Waals surface area contributed by atoms with E-state index in [1.54, 1.807) is 0 Å². The molecule has 1 rings (SSSR count). The Kier molecular flexibility index (Phi) is 3.39. The van der Waals surface area contributed by atoms with Crippen molar-refractivity contribution < 1.29 is 9.38 Å². The van der Waals surface area contributed by atoms with Gasteiger partial charge in [-0.3, -0.25) is 0 Å². The predicted molar refractivity (Wildman–Crippen MR) is 36.7 cm³/mol. The predicted octanol–water partition coefficient (Wildman–Crippen LogP) is -2.82. The topological polar surface area (TPSA) is 7.12 Å². The fourth-order valence-electron chi connectivity index (χ4n) is 0.656. The van der Waals surface area contributed by atoms with Crippen molar-refractivity contribution in [3.63, 3.8) is 0 Å². The third-order valence-electron chi connectivity index (χ3n) is 1.16. The molecule has 0 aliphatic rings. The molecule has 0 bridgehead atoms. The van der Waals surface area contributed by atoms with Crippen LogP contribution in [-0.4, -0.2) is 14.1 Å². The molecule has 2 nitrogen and oxygen atoms in total. The SMILES string of the molecule is CN(C)[n+]1ccccc1.[F-]. The van der Waals surface area contributed by atoms with Crippen molar-refractivity contribution in [1.29, 1.82) is 0 Å². The van der Waals surface area contributed by atoms with Crippen LogP contribution in [0, 0.1) is 0 Å². The molecule has 0 unspecified atom stereocenters. The molecule has 10 heavy (non-hydrogen) atoms. The second-order valence-corrected chi connectivity index (χ2v) is 2.10. The van der Waals surface area contributed by atoms with Crippen LogP contribution in [0.5, 0.6) is 0 Å². The van der Waals surface area contributed by atoms with Crippen LogP contribution in [0.2, 0.25) is 0 Å². The monoisotopic (exact) mass is 142 g/mol. The second kappa shape index (κ2) is 3.82. The highest BCUT2D eigenvalue weighted by molar-refractivity contribution is 4.84. The average molecular weight is 142 g/mol. The lowest BCUT2D eigenvalue weighted by Gasteiger charge is -2.02. The highest BCUT2D eigenvalue weighted by Gasteiger charge is 1.95. The number of hydrogen-bond donors (Lipinski definition) is 0. The highest BCUT2D eigenvalue weighted by atomic mass is 19.0. The van der Waals surface area contributed by atoms with Crippen LogP contribution < -0.4 is 14.4 Å². The van der Waals surface area contributed by atoms with Gasteiger partial charge in [0.25, 0.3) is 0 Å². The van der Waals surface area contributed by atoms with Gasteiger partial charge >= 0.3 is 0 Å². The Labute approximate surface area is 60.0 Å². The van der Waals surface area contributed by atoms with E-state index in [4.69, 9.17) is 0 Å². The molecule has 0 radical (unpaired) electrons. The molecule has 0 atom stereocenters. The molecular weight excluding hydrogens is 131 g/mol. The summed E-state index contributed by atoms with van der Waals surface area (Å²) in [5.41, 5.74) is 0. The van der Waals surface area contributed by atoms with Gasteiger partial charge in [-0.2, -0.15) is 5.01 Å². The van der Waals surface area contributed by atoms with Crippen molar-refractivity contribution in [2.24, 2.45) is 0 Å². The first-order valence-corrected chi connectivity index (χ1v) is 2.94. The standard InChI is InChI=1S/C7H11N2.FH/c1-8(2)9-6-4-3-5-7-9;/h3-7H,1-2H3;1H/q+1;/p-1. The van der Waals surface area contributed by atoms with E-state index in [2.05, 4.69) is 0 Å². The lowest BCUT2D eigenvalue weighted by Crippen LogP contribution is -3.00. The molecule has 0 aliphatic carbocycles. The summed E-state index contributed by atoms with van der Waals surface area (Å²) in [4.78, 5) is 0. The van der Waals surface area contributed by atoms with Gasteiger partial charge in [0.15, 0.2) is 12.4 Å². The van der Waals surface area contributed by atoms with Gasteiger partial charge < -0.3 is 4.70 Å². The van der Waals surface area contributed by atoms with Crippen LogP contribution in [0.3, 0.4) is 0 Å². The Balaban J connectivity index is 0.000000810. The van der Waals surface area contributed by atoms with E-state index in [0.717, 1.165) is 0 Å². The lowest BCUT2D eigenvalue weighted by atomic mass is 10.5. The molecule has 0 saturated carbocycles. The van der Waals surface area contributed by atoms with Gasteiger partial charge in [-0.05, 0) is 0 Å². The Morgan fingerprint density at radius 2 is 1.50 bits per heavy atom. The highest BCUT2D eigenvalue weighted by Crippen LogP contribution is 1.74. The minimum Gasteiger partial charge on any atom is -1.00 e. The van der Waals surface area contributed by atoms with Crippen molar-refractivity contribution in [2.45, 2.75) is 0 Å². The summed E-state index contributed by atoms with van der Waals surface area (Å²) in [5.74, 6) is 0. The van der Waals surface area contributed by atoms with Gasteiger partial charge in [-0.15, -0.1) is 0 Å². The summed E-state index contributed by atoms with van der Waals surface area (Å²) < 4.78 is 2.00. The number of rotatable bonds is 1. The summed E-state index contributed by atoms with van der Waals surface area (Å²) >= 11 is 0. The zero-order valence-corrected chi connectivity index (χ0v) is 6.16. The third-order valence-corrected chi connectivity index (χ3v) is 1.16. The van der Waals surface area contributed by atoms with Crippen molar-refractivity contribution >= 4 is 0 Å². The van der Waals surface area contributed by atoms with Gasteiger partial charge in [-0.1, -0.05) is 10.7 Å². The van der Waals surface area contributed by atoms with E-state index in [1.807, 2.05) is 54.4 Å². The van der Waals surface area contributed by atoms with Gasteiger partial charge in [0.05, 0.1) is 14.1 Å². The van der Waals surface area contributed by atoms with E-state index in [1.165, 1.54) is 0 Å². The first kappa shape index (κ1) is 8.88. The van der Waals surface area contributed by atoms with Crippen LogP contribution in [0.25, 0.3) is 0 Å². The maximum atomic E-state index is 2.00. The Morgan fingerprint density at radius 3 is 1.80 bits per heavy atom. The first-order chi connectivity index (χ1) is 4.30. The first-order valence-electron chi connectivity index (χ1n) is 2.94. The molecule has 0 spiro atoms. The number of halogens is 1. The Bertz CT molecular complexity index is 174. The van der Waals surface area contributed by atoms with Crippen LogP contribution in [0.4, 0.5) is 0 Å². The Hall–Kier alpha value is -1.12. The minimum absolute atomic E-state index is 0. The molecule has 0 fully saturated rings. The smallest absolute Gasteiger partial charge is 0.199 e. The molecule has 0 aromatic carbocycles. The summed E-state index contributed by atoms with van der Waals surface area (Å²) in [6, 6.07) is 6.00. The molecule has 1 heterocycles. The summed E-state index contributed by atoms with van der Waals surface area (Å²) in [5, 5.41) is 2.00. The summed E-state index contributed by atoms with van der Waals surface area (Å²) in [7, 11) is 4.00. The minimum atomic E-state index is 0. The number of pyridine rings is 1. The van der Waals surface area contributed by atoms with Gasteiger partial charge in [-0.25, -0.2) is 0 Å². The number of nitrogens with zero attached hydrogens (tertiary/aromatic N) is 2. The van der Waals surface area contributed by atoms with Gasteiger partial charge in [0.2, 0.25) is 0 Å². The molecular formula is C7H11FN2. The van der Waals surface area contributed by atoms with Crippen molar-refractivity contribution in [3.05, 3.63) is 30.6 Å². The zero-order chi connectivity index (χ0) is 6.69. The zero-order valence-electron chi connectivity index (χ0n) is 6.16. The maximum Gasteiger partial charge on any atom is 0.199 e. The van der Waals surface area contributed by atoms with E-state index >= 15 is 0 Å². The second-order valence-electron chi connectivity index (χ2n) is 2.10. The molecule has 0 saturated heterocycles. The van der Waals surface area contributed by atoms with E-state index in [-0.39, 0.29) is 4.70 Å². The van der Waals surface area contributed by atoms with Gasteiger partial charge in [0.1, 0.15) is 0 Å². The van der Waals surface area contributed by atoms with Crippen LogP contribution in [0.1, 0.15) is 0 Å². The largest absolute Gasteiger partial charge is 1.00 e. The van der Waals surface area contributed by atoms with Crippen LogP contribution in [-0.2, 0) is 0 Å². The molecule has 0 aliphatic heterocycles. The molecule has 1 aromatic heterocycles. The lowest BCUT2D eigenvalue weighted by molar-refractivity contribution is -0.687. The molecule has 3 heteroatoms. The van der Waals surface area contributed by atoms with Crippen molar-refractivity contribution in [1.82, 2.24) is 0 Å². The fourth-order valence-corrected chi connectivity index (χ4v) is 0.656. The maximum absolute atomic E-state index is 2.00. The van der Waals surface area contributed by atoms with E-state index < -0.39 is 0 Å². The average Bonchev–Trinajstić information content (AvgIpc) is 1.90. The molecule has 1 aromatic rings. The number of hydrogen-bond acceptors (Lipinski definition) is 1. The summed E-state index contributed by atoms with van der Waals surface area (Å²) in [6.07, 6.45) is 4.00. The van der Waals surface area contributed by atoms with Crippen LogP contribution in [0.15, 0.2) is 30.6 Å².